The summed E-state index contributed by atoms with van der Waals surface area (Å²) in [5.41, 5.74) is 2.06. The molecular formula is C17H21NO4. The van der Waals surface area contributed by atoms with Crippen molar-refractivity contribution in [2.24, 2.45) is 0 Å². The lowest BCUT2D eigenvalue weighted by Crippen LogP contribution is -2.30. The molecule has 0 heterocycles. The van der Waals surface area contributed by atoms with Gasteiger partial charge in [-0.1, -0.05) is 31.9 Å². The Morgan fingerprint density at radius 1 is 1.32 bits per heavy atom. The zero-order valence-electron chi connectivity index (χ0n) is 13.1. The topological polar surface area (TPSA) is 64.6 Å². The van der Waals surface area contributed by atoms with Crippen LogP contribution in [0.2, 0.25) is 0 Å². The Hall–Kier alpha value is -2.48. The highest BCUT2D eigenvalue weighted by Crippen LogP contribution is 2.27. The Labute approximate surface area is 131 Å². The van der Waals surface area contributed by atoms with Crippen LogP contribution >= 0.6 is 0 Å². The van der Waals surface area contributed by atoms with Crippen molar-refractivity contribution in [3.63, 3.8) is 0 Å². The molecular weight excluding hydrogens is 282 g/mol. The monoisotopic (exact) mass is 303 g/mol. The van der Waals surface area contributed by atoms with E-state index in [-0.39, 0.29) is 25.7 Å². The zero-order chi connectivity index (χ0) is 16.5. The number of benzene rings is 1. The summed E-state index contributed by atoms with van der Waals surface area (Å²) in [4.78, 5) is 22.8. The number of rotatable bonds is 7. The number of nitrogens with one attached hydrogen (secondary N) is 1. The number of hydrogen-bond acceptors (Lipinski definition) is 4. The number of terminal acetylenes is 1. The van der Waals surface area contributed by atoms with Gasteiger partial charge in [-0.25, -0.2) is 4.79 Å². The first-order valence-corrected chi connectivity index (χ1v) is 7.03. The van der Waals surface area contributed by atoms with Crippen molar-refractivity contribution >= 4 is 11.9 Å². The Bertz CT molecular complexity index is 573. The lowest BCUT2D eigenvalue weighted by atomic mass is 10.0. The van der Waals surface area contributed by atoms with Gasteiger partial charge >= 0.3 is 5.97 Å². The van der Waals surface area contributed by atoms with Gasteiger partial charge in [0.05, 0.1) is 6.54 Å². The Morgan fingerprint density at radius 2 is 2.05 bits per heavy atom. The van der Waals surface area contributed by atoms with Crippen LogP contribution in [0.4, 0.5) is 0 Å². The highest BCUT2D eigenvalue weighted by molar-refractivity contribution is 5.81. The van der Waals surface area contributed by atoms with Gasteiger partial charge in [-0.05, 0) is 30.0 Å². The highest BCUT2D eigenvalue weighted by Gasteiger charge is 2.12. The maximum Gasteiger partial charge on any atom is 0.344 e. The summed E-state index contributed by atoms with van der Waals surface area (Å²) in [5, 5.41) is 2.40. The van der Waals surface area contributed by atoms with Crippen molar-refractivity contribution in [1.82, 2.24) is 5.32 Å². The van der Waals surface area contributed by atoms with E-state index in [9.17, 15) is 9.59 Å². The van der Waals surface area contributed by atoms with Gasteiger partial charge in [0.15, 0.2) is 13.2 Å². The molecule has 0 radical (unpaired) electrons. The molecule has 1 rings (SSSR count). The Morgan fingerprint density at radius 3 is 2.68 bits per heavy atom. The van der Waals surface area contributed by atoms with Crippen molar-refractivity contribution in [2.75, 3.05) is 19.8 Å². The lowest BCUT2D eigenvalue weighted by Gasteiger charge is -2.14. The SMILES string of the molecule is C#CCNC(=O)COC(=O)COc1cc(C)ccc1C(C)C. The highest BCUT2D eigenvalue weighted by atomic mass is 16.6. The van der Waals surface area contributed by atoms with Crippen LogP contribution in [0.5, 0.6) is 5.75 Å². The standard InChI is InChI=1S/C17H21NO4/c1-5-8-18-16(19)10-22-17(20)11-21-15-9-13(4)6-7-14(15)12(2)3/h1,6-7,9,12H,8,10-11H2,2-4H3,(H,18,19). The minimum atomic E-state index is -0.605. The maximum atomic E-state index is 11.6. The van der Waals surface area contributed by atoms with E-state index < -0.39 is 11.9 Å². The molecule has 0 aromatic heterocycles. The molecule has 1 amide bonds. The molecule has 0 aliphatic rings. The molecule has 1 N–H and O–H groups in total. The third-order valence-corrected chi connectivity index (χ3v) is 2.89. The molecule has 5 heteroatoms. The minimum Gasteiger partial charge on any atom is -0.482 e. The molecule has 0 aliphatic heterocycles. The van der Waals surface area contributed by atoms with Gasteiger partial charge in [0.25, 0.3) is 5.91 Å². The lowest BCUT2D eigenvalue weighted by molar-refractivity contribution is -0.150. The van der Waals surface area contributed by atoms with Gasteiger partial charge in [0.1, 0.15) is 5.75 Å². The summed E-state index contributed by atoms with van der Waals surface area (Å²) >= 11 is 0. The van der Waals surface area contributed by atoms with Gasteiger partial charge in [-0.3, -0.25) is 4.79 Å². The second-order valence-corrected chi connectivity index (χ2v) is 5.13. The fourth-order valence-electron chi connectivity index (χ4n) is 1.77. The normalized spacial score (nSPS) is 9.95. The van der Waals surface area contributed by atoms with E-state index in [2.05, 4.69) is 11.2 Å². The van der Waals surface area contributed by atoms with Gasteiger partial charge in [0, 0.05) is 0 Å². The van der Waals surface area contributed by atoms with Crippen LogP contribution in [0.15, 0.2) is 18.2 Å². The minimum absolute atomic E-state index is 0.105. The first-order chi connectivity index (χ1) is 10.4. The molecule has 5 nitrogen and oxygen atoms in total. The van der Waals surface area contributed by atoms with Crippen molar-refractivity contribution in [3.05, 3.63) is 29.3 Å². The van der Waals surface area contributed by atoms with Crippen molar-refractivity contribution in [1.29, 1.82) is 0 Å². The average molecular weight is 303 g/mol. The zero-order valence-corrected chi connectivity index (χ0v) is 13.1. The fraction of sp³-hybridized carbons (Fsp3) is 0.412. The van der Waals surface area contributed by atoms with Crippen molar-refractivity contribution in [3.8, 4) is 18.1 Å². The molecule has 0 saturated heterocycles. The summed E-state index contributed by atoms with van der Waals surface area (Å²) in [5.74, 6) is 2.15. The third-order valence-electron chi connectivity index (χ3n) is 2.89. The van der Waals surface area contributed by atoms with E-state index in [0.717, 1.165) is 11.1 Å². The first kappa shape index (κ1) is 17.6. The number of amides is 1. The molecule has 0 saturated carbocycles. The predicted octanol–water partition coefficient (Wildman–Crippen LogP) is 1.79. The van der Waals surface area contributed by atoms with Crippen LogP contribution < -0.4 is 10.1 Å². The van der Waals surface area contributed by atoms with Crippen LogP contribution in [0.3, 0.4) is 0 Å². The van der Waals surface area contributed by atoms with E-state index in [1.54, 1.807) is 0 Å². The van der Waals surface area contributed by atoms with Gasteiger partial charge < -0.3 is 14.8 Å². The van der Waals surface area contributed by atoms with Gasteiger partial charge in [-0.2, -0.15) is 0 Å². The van der Waals surface area contributed by atoms with Gasteiger partial charge in [-0.15, -0.1) is 6.42 Å². The maximum absolute atomic E-state index is 11.6. The second-order valence-electron chi connectivity index (χ2n) is 5.13. The van der Waals surface area contributed by atoms with E-state index >= 15 is 0 Å². The van der Waals surface area contributed by atoms with Crippen molar-refractivity contribution in [2.45, 2.75) is 26.7 Å². The van der Waals surface area contributed by atoms with Crippen LogP contribution in [-0.2, 0) is 14.3 Å². The van der Waals surface area contributed by atoms with E-state index in [4.69, 9.17) is 15.9 Å². The van der Waals surface area contributed by atoms with Crippen LogP contribution in [-0.4, -0.2) is 31.6 Å². The number of hydrogen-bond donors (Lipinski definition) is 1. The smallest absolute Gasteiger partial charge is 0.344 e. The molecule has 0 atom stereocenters. The summed E-state index contributed by atoms with van der Waals surface area (Å²) in [6.07, 6.45) is 5.00. The Kier molecular flexibility index (Phi) is 6.97. The molecule has 1 aromatic rings. The molecule has 22 heavy (non-hydrogen) atoms. The summed E-state index contributed by atoms with van der Waals surface area (Å²) in [6.45, 7) is 5.54. The summed E-state index contributed by atoms with van der Waals surface area (Å²) in [6, 6.07) is 5.85. The van der Waals surface area contributed by atoms with Crippen molar-refractivity contribution < 1.29 is 19.1 Å². The molecule has 0 unspecified atom stereocenters. The predicted molar refractivity (Wildman–Crippen MR) is 83.6 cm³/mol. The molecule has 118 valence electrons. The third kappa shape index (κ3) is 5.88. The Balaban J connectivity index is 2.49. The van der Waals surface area contributed by atoms with E-state index in [1.165, 1.54) is 0 Å². The molecule has 0 bridgehead atoms. The molecule has 0 aliphatic carbocycles. The summed E-state index contributed by atoms with van der Waals surface area (Å²) in [7, 11) is 0. The quantitative estimate of drug-likeness (QED) is 0.616. The fourth-order valence-corrected chi connectivity index (χ4v) is 1.77. The first-order valence-electron chi connectivity index (χ1n) is 7.03. The average Bonchev–Trinajstić information content (AvgIpc) is 2.48. The molecule has 0 spiro atoms. The number of aryl methyl sites for hydroxylation is 1. The van der Waals surface area contributed by atoms with E-state index in [0.29, 0.717) is 5.75 Å². The summed E-state index contributed by atoms with van der Waals surface area (Å²) < 4.78 is 10.3. The molecule has 0 fully saturated rings. The number of esters is 1. The van der Waals surface area contributed by atoms with Crippen LogP contribution in [0.1, 0.15) is 30.9 Å². The van der Waals surface area contributed by atoms with Crippen LogP contribution in [0, 0.1) is 19.3 Å². The number of carbonyl (C=O) groups is 2. The molecule has 1 aromatic carbocycles. The van der Waals surface area contributed by atoms with E-state index in [1.807, 2.05) is 39.0 Å². The van der Waals surface area contributed by atoms with Crippen LogP contribution in [0.25, 0.3) is 0 Å². The number of carbonyl (C=O) groups excluding carboxylic acids is 2. The second kappa shape index (κ2) is 8.73. The largest absolute Gasteiger partial charge is 0.482 e. The van der Waals surface area contributed by atoms with Gasteiger partial charge in [0.2, 0.25) is 0 Å². The number of ether oxygens (including phenoxy) is 2.